The number of fused-ring (bicyclic) bond motifs is 1. The molecule has 1 saturated carbocycles. The fourth-order valence-electron chi connectivity index (χ4n) is 3.12. The van der Waals surface area contributed by atoms with Gasteiger partial charge in [0.25, 0.3) is 0 Å². The lowest BCUT2D eigenvalue weighted by Crippen LogP contribution is -2.06. The highest BCUT2D eigenvalue weighted by Crippen LogP contribution is 2.35. The molecule has 2 aromatic carbocycles. The molecule has 0 saturated heterocycles. The second-order valence-electron chi connectivity index (χ2n) is 6.92. The predicted molar refractivity (Wildman–Crippen MR) is 113 cm³/mol. The molecule has 2 heterocycles. The molecule has 9 heteroatoms. The van der Waals surface area contributed by atoms with Crippen LogP contribution < -0.4 is 11.1 Å². The van der Waals surface area contributed by atoms with E-state index in [2.05, 4.69) is 20.4 Å². The van der Waals surface area contributed by atoms with Gasteiger partial charge in [0.05, 0.1) is 21.8 Å². The van der Waals surface area contributed by atoms with Gasteiger partial charge in [-0.05, 0) is 55.3 Å². The normalized spacial score (nSPS) is 13.8. The SMILES string of the molecule is Nc1c2c(-c3ccc(F)c(Cl)c3)nc(NC3CC3)nc2nn1-c1ccc(Cl)cc1. The van der Waals surface area contributed by atoms with Crippen LogP contribution in [-0.4, -0.2) is 25.8 Å². The molecule has 2 aromatic heterocycles. The van der Waals surface area contributed by atoms with E-state index in [1.807, 2.05) is 12.1 Å². The van der Waals surface area contributed by atoms with Gasteiger partial charge >= 0.3 is 0 Å². The van der Waals surface area contributed by atoms with Gasteiger partial charge in [-0.15, -0.1) is 5.10 Å². The molecule has 5 rings (SSSR count). The second-order valence-corrected chi connectivity index (χ2v) is 7.76. The maximum atomic E-state index is 13.7. The molecule has 0 spiro atoms. The minimum atomic E-state index is -0.498. The van der Waals surface area contributed by atoms with E-state index in [-0.39, 0.29) is 5.02 Å². The van der Waals surface area contributed by atoms with Crippen LogP contribution in [0.1, 0.15) is 12.8 Å². The second kappa shape index (κ2) is 6.86. The summed E-state index contributed by atoms with van der Waals surface area (Å²) in [5, 5.41) is 9.05. The molecule has 3 N–H and O–H groups in total. The first-order valence-corrected chi connectivity index (χ1v) is 9.79. The quantitative estimate of drug-likeness (QED) is 0.473. The lowest BCUT2D eigenvalue weighted by Gasteiger charge is -2.08. The third-order valence-corrected chi connectivity index (χ3v) is 5.29. The number of rotatable bonds is 4. The Balaban J connectivity index is 1.74. The molecule has 4 aromatic rings. The molecular formula is C20H15Cl2FN6. The van der Waals surface area contributed by atoms with Crippen LogP contribution in [0.5, 0.6) is 0 Å². The van der Waals surface area contributed by atoms with Gasteiger partial charge in [-0.1, -0.05) is 23.2 Å². The van der Waals surface area contributed by atoms with Crippen LogP contribution in [0.4, 0.5) is 16.2 Å². The average molecular weight is 429 g/mol. The third kappa shape index (κ3) is 3.36. The van der Waals surface area contributed by atoms with Crippen molar-refractivity contribution in [3.05, 3.63) is 58.3 Å². The van der Waals surface area contributed by atoms with Crippen molar-refractivity contribution < 1.29 is 4.39 Å². The molecule has 29 heavy (non-hydrogen) atoms. The zero-order chi connectivity index (χ0) is 20.1. The number of nitrogens with two attached hydrogens (primary N) is 1. The van der Waals surface area contributed by atoms with Crippen molar-refractivity contribution in [2.24, 2.45) is 0 Å². The van der Waals surface area contributed by atoms with Crippen LogP contribution >= 0.6 is 23.2 Å². The first-order chi connectivity index (χ1) is 14.0. The number of halogens is 3. The van der Waals surface area contributed by atoms with Crippen molar-refractivity contribution in [2.75, 3.05) is 11.1 Å². The van der Waals surface area contributed by atoms with E-state index in [1.54, 1.807) is 22.9 Å². The van der Waals surface area contributed by atoms with Crippen molar-refractivity contribution in [2.45, 2.75) is 18.9 Å². The lowest BCUT2D eigenvalue weighted by molar-refractivity contribution is 0.628. The highest BCUT2D eigenvalue weighted by Gasteiger charge is 2.25. The van der Waals surface area contributed by atoms with Gasteiger partial charge in [0.15, 0.2) is 5.65 Å². The fourth-order valence-corrected chi connectivity index (χ4v) is 3.42. The number of aromatic nitrogens is 4. The standard InChI is InChI=1S/C20H15Cl2FN6/c21-11-2-6-13(7-3-11)29-18(24)16-17(10-1-8-15(23)14(22)9-10)26-20(25-12-4-5-12)27-19(16)28-29/h1-3,6-9,12H,4-5,24H2,(H,25,27,28). The van der Waals surface area contributed by atoms with Gasteiger partial charge in [0.2, 0.25) is 5.95 Å². The Kier molecular flexibility index (Phi) is 4.29. The zero-order valence-electron chi connectivity index (χ0n) is 15.0. The number of nitrogens with one attached hydrogen (secondary N) is 1. The zero-order valence-corrected chi connectivity index (χ0v) is 16.5. The molecule has 0 amide bonds. The van der Waals surface area contributed by atoms with Crippen molar-refractivity contribution in [3.63, 3.8) is 0 Å². The number of hydrogen-bond donors (Lipinski definition) is 2. The summed E-state index contributed by atoms with van der Waals surface area (Å²) in [6.07, 6.45) is 2.14. The molecule has 1 fully saturated rings. The first-order valence-electron chi connectivity index (χ1n) is 9.04. The van der Waals surface area contributed by atoms with E-state index < -0.39 is 5.82 Å². The monoisotopic (exact) mass is 428 g/mol. The van der Waals surface area contributed by atoms with Crippen LogP contribution in [0.25, 0.3) is 28.0 Å². The first kappa shape index (κ1) is 18.1. The van der Waals surface area contributed by atoms with Crippen LogP contribution in [0.2, 0.25) is 10.0 Å². The smallest absolute Gasteiger partial charge is 0.225 e. The lowest BCUT2D eigenvalue weighted by atomic mass is 10.1. The maximum absolute atomic E-state index is 13.7. The van der Waals surface area contributed by atoms with Gasteiger partial charge < -0.3 is 11.1 Å². The molecule has 1 aliphatic carbocycles. The summed E-state index contributed by atoms with van der Waals surface area (Å²) in [6.45, 7) is 0. The number of nitrogens with zero attached hydrogens (tertiary/aromatic N) is 4. The molecule has 6 nitrogen and oxygen atoms in total. The Morgan fingerprint density at radius 3 is 2.52 bits per heavy atom. The Morgan fingerprint density at radius 2 is 1.83 bits per heavy atom. The van der Waals surface area contributed by atoms with E-state index in [0.717, 1.165) is 18.5 Å². The van der Waals surface area contributed by atoms with Crippen molar-refractivity contribution in [1.82, 2.24) is 19.7 Å². The minimum Gasteiger partial charge on any atom is -0.383 e. The summed E-state index contributed by atoms with van der Waals surface area (Å²) in [4.78, 5) is 9.19. The molecule has 146 valence electrons. The Hall–Kier alpha value is -2.90. The van der Waals surface area contributed by atoms with E-state index in [1.165, 1.54) is 12.1 Å². The molecule has 0 unspecified atom stereocenters. The van der Waals surface area contributed by atoms with Crippen LogP contribution in [0.15, 0.2) is 42.5 Å². The van der Waals surface area contributed by atoms with E-state index in [4.69, 9.17) is 28.9 Å². The van der Waals surface area contributed by atoms with Crippen molar-refractivity contribution in [1.29, 1.82) is 0 Å². The number of benzene rings is 2. The molecular weight excluding hydrogens is 414 g/mol. The number of hydrogen-bond acceptors (Lipinski definition) is 5. The number of nitrogen functional groups attached to an aromatic ring is 1. The summed E-state index contributed by atoms with van der Waals surface area (Å²) in [5.74, 6) is 0.328. The summed E-state index contributed by atoms with van der Waals surface area (Å²) in [5.41, 5.74) is 8.78. The molecule has 0 bridgehead atoms. The Morgan fingerprint density at radius 1 is 1.07 bits per heavy atom. The molecule has 0 atom stereocenters. The topological polar surface area (TPSA) is 81.7 Å². The highest BCUT2D eigenvalue weighted by molar-refractivity contribution is 6.31. The molecule has 0 radical (unpaired) electrons. The third-order valence-electron chi connectivity index (χ3n) is 4.74. The fraction of sp³-hybridized carbons (Fsp3) is 0.150. The average Bonchev–Trinajstić information content (AvgIpc) is 3.46. The van der Waals surface area contributed by atoms with Gasteiger partial charge in [-0.25, -0.2) is 14.1 Å². The Bertz CT molecular complexity index is 1230. The molecule has 0 aliphatic heterocycles. The Labute approximate surface area is 175 Å². The van der Waals surface area contributed by atoms with Gasteiger partial charge in [-0.2, -0.15) is 4.98 Å². The van der Waals surface area contributed by atoms with Gasteiger partial charge in [0.1, 0.15) is 11.6 Å². The maximum Gasteiger partial charge on any atom is 0.225 e. The van der Waals surface area contributed by atoms with Gasteiger partial charge in [-0.3, -0.25) is 0 Å². The summed E-state index contributed by atoms with van der Waals surface area (Å²) >= 11 is 12.0. The van der Waals surface area contributed by atoms with Crippen molar-refractivity contribution >= 4 is 46.0 Å². The molecule has 1 aliphatic rings. The summed E-state index contributed by atoms with van der Waals surface area (Å²) in [7, 11) is 0. The van der Waals surface area contributed by atoms with Crippen LogP contribution in [0.3, 0.4) is 0 Å². The number of anilines is 2. The van der Waals surface area contributed by atoms with Crippen LogP contribution in [0, 0.1) is 5.82 Å². The minimum absolute atomic E-state index is 0.00892. The van der Waals surface area contributed by atoms with E-state index in [9.17, 15) is 4.39 Å². The van der Waals surface area contributed by atoms with Crippen LogP contribution in [-0.2, 0) is 0 Å². The predicted octanol–water partition coefficient (Wildman–Crippen LogP) is 5.08. The summed E-state index contributed by atoms with van der Waals surface area (Å²) in [6, 6.07) is 11.9. The largest absolute Gasteiger partial charge is 0.383 e. The summed E-state index contributed by atoms with van der Waals surface area (Å²) < 4.78 is 15.3. The van der Waals surface area contributed by atoms with E-state index >= 15 is 0 Å². The van der Waals surface area contributed by atoms with E-state index in [0.29, 0.717) is 45.1 Å². The highest BCUT2D eigenvalue weighted by atomic mass is 35.5. The van der Waals surface area contributed by atoms with Gasteiger partial charge in [0, 0.05) is 16.6 Å². The van der Waals surface area contributed by atoms with Crippen molar-refractivity contribution in [3.8, 4) is 16.9 Å².